The van der Waals surface area contributed by atoms with Gasteiger partial charge in [0.15, 0.2) is 0 Å². The molecule has 3 fully saturated rings. The molecule has 4 aliphatic carbocycles. The molecule has 2 aromatic rings. The Labute approximate surface area is 177 Å². The predicted octanol–water partition coefficient (Wildman–Crippen LogP) is 6.05. The van der Waals surface area contributed by atoms with Crippen molar-refractivity contribution in [2.45, 2.75) is 71.1 Å². The Morgan fingerprint density at radius 3 is 2.76 bits per heavy atom. The van der Waals surface area contributed by atoms with Crippen LogP contribution in [0, 0.1) is 28.6 Å². The minimum Gasteiger partial charge on any atom is -0.299 e. The molecule has 0 aliphatic heterocycles. The minimum absolute atomic E-state index is 0.0131. The number of carbonyl (C=O) groups is 1. The van der Waals surface area contributed by atoms with Crippen LogP contribution in [-0.4, -0.2) is 15.8 Å². The van der Waals surface area contributed by atoms with Crippen LogP contribution in [0.15, 0.2) is 24.4 Å². The lowest BCUT2D eigenvalue weighted by molar-refractivity contribution is -0.134. The van der Waals surface area contributed by atoms with E-state index in [-0.39, 0.29) is 5.41 Å². The van der Waals surface area contributed by atoms with Crippen LogP contribution in [-0.2, 0) is 11.2 Å². The number of aromatic nitrogens is 2. The van der Waals surface area contributed by atoms with E-state index in [1.807, 2.05) is 23.6 Å². The fourth-order valence-corrected chi connectivity index (χ4v) is 9.20. The maximum absolute atomic E-state index is 12.7. The van der Waals surface area contributed by atoms with Crippen molar-refractivity contribution >= 4 is 17.1 Å². The summed E-state index contributed by atoms with van der Waals surface area (Å²) in [6.07, 6.45) is 11.2. The summed E-state index contributed by atoms with van der Waals surface area (Å²) in [6, 6.07) is 6.11. The molecular formula is C25H30N2OS. The first-order chi connectivity index (χ1) is 14.0. The number of thiazole rings is 1. The number of ketones is 1. The van der Waals surface area contributed by atoms with Crippen molar-refractivity contribution in [3.05, 3.63) is 35.0 Å². The van der Waals surface area contributed by atoms with E-state index in [0.29, 0.717) is 23.0 Å². The van der Waals surface area contributed by atoms with Crippen LogP contribution in [0.4, 0.5) is 0 Å². The zero-order valence-corrected chi connectivity index (χ0v) is 18.3. The van der Waals surface area contributed by atoms with Gasteiger partial charge in [0.2, 0.25) is 0 Å². The molecule has 3 nitrogen and oxygen atoms in total. The van der Waals surface area contributed by atoms with Crippen LogP contribution in [0.5, 0.6) is 0 Å². The number of Topliss-reactive ketones (excluding diaryl/α,β-unsaturated/α-hetero) is 1. The first-order valence-corrected chi connectivity index (χ1v) is 12.3. The zero-order chi connectivity index (χ0) is 19.8. The van der Waals surface area contributed by atoms with E-state index < -0.39 is 0 Å². The quantitative estimate of drug-likeness (QED) is 0.579. The van der Waals surface area contributed by atoms with E-state index in [1.54, 1.807) is 4.88 Å². The Morgan fingerprint density at radius 1 is 1.03 bits per heavy atom. The third-order valence-corrected chi connectivity index (χ3v) is 10.6. The molecule has 29 heavy (non-hydrogen) atoms. The largest absolute Gasteiger partial charge is 0.299 e. The molecule has 0 N–H and O–H groups in total. The average Bonchev–Trinajstić information content (AvgIpc) is 3.29. The van der Waals surface area contributed by atoms with E-state index in [0.717, 1.165) is 48.2 Å². The summed E-state index contributed by atoms with van der Waals surface area (Å²) in [5, 5.41) is 1.10. The summed E-state index contributed by atoms with van der Waals surface area (Å²) in [7, 11) is 0. The third-order valence-electron chi connectivity index (χ3n) is 9.41. The van der Waals surface area contributed by atoms with Crippen LogP contribution in [0.3, 0.4) is 0 Å². The Kier molecular flexibility index (Phi) is 3.92. The molecule has 152 valence electrons. The van der Waals surface area contributed by atoms with Crippen LogP contribution in [0.1, 0.15) is 75.3 Å². The second-order valence-electron chi connectivity index (χ2n) is 10.5. The van der Waals surface area contributed by atoms with Gasteiger partial charge in [-0.3, -0.25) is 9.78 Å². The number of hydrogen-bond acceptors (Lipinski definition) is 4. The second kappa shape index (κ2) is 6.23. The summed E-state index contributed by atoms with van der Waals surface area (Å²) in [5.74, 6) is 3.37. The average molecular weight is 407 g/mol. The Balaban J connectivity index is 1.35. The molecule has 2 heterocycles. The molecule has 0 spiro atoms. The van der Waals surface area contributed by atoms with E-state index >= 15 is 0 Å². The number of rotatable bonds is 1. The molecule has 2 aromatic heterocycles. The highest BCUT2D eigenvalue weighted by atomic mass is 32.1. The van der Waals surface area contributed by atoms with Crippen molar-refractivity contribution in [1.29, 1.82) is 0 Å². The number of fused-ring (bicyclic) bond motifs is 7. The van der Waals surface area contributed by atoms with Gasteiger partial charge in [-0.05, 0) is 80.2 Å². The van der Waals surface area contributed by atoms with Crippen molar-refractivity contribution in [1.82, 2.24) is 9.97 Å². The first kappa shape index (κ1) is 18.2. The molecule has 0 amide bonds. The Hall–Kier alpha value is -1.55. The number of aryl methyl sites for hydroxylation is 1. The molecule has 0 saturated heterocycles. The highest BCUT2D eigenvalue weighted by Crippen LogP contribution is 2.67. The van der Waals surface area contributed by atoms with Crippen molar-refractivity contribution in [2.75, 3.05) is 0 Å². The van der Waals surface area contributed by atoms with Gasteiger partial charge >= 0.3 is 0 Å². The van der Waals surface area contributed by atoms with Crippen molar-refractivity contribution in [2.24, 2.45) is 28.6 Å². The SMILES string of the molecule is C[C@]12CCc3nc(-c4ccccn4)sc3[C@@H]1CC[C@@H]1[C@@H]2CC[C@]2(C)C(=O)CC[C@@H]12. The van der Waals surface area contributed by atoms with Crippen molar-refractivity contribution in [3.63, 3.8) is 0 Å². The van der Waals surface area contributed by atoms with E-state index in [2.05, 4.69) is 31.0 Å². The lowest BCUT2D eigenvalue weighted by atomic mass is 9.46. The van der Waals surface area contributed by atoms with Gasteiger partial charge in [-0.2, -0.15) is 0 Å². The van der Waals surface area contributed by atoms with Crippen LogP contribution < -0.4 is 0 Å². The standard InChI is InChI=1S/C25H30N2OS/c1-24-13-11-19-22(29-23(27-19)20-5-3-4-14-26-20)18(24)7-6-15-16-8-9-21(28)25(16,2)12-10-17(15)24/h3-5,14-18H,6-13H2,1-2H3/t15-,16-,17-,18-,24+,25-/m0/s1. The van der Waals surface area contributed by atoms with Crippen molar-refractivity contribution in [3.8, 4) is 10.7 Å². The Bertz CT molecular complexity index is 968. The lowest BCUT2D eigenvalue weighted by Gasteiger charge is -2.59. The molecule has 0 aromatic carbocycles. The summed E-state index contributed by atoms with van der Waals surface area (Å²) in [4.78, 5) is 23.8. The highest BCUT2D eigenvalue weighted by Gasteiger charge is 2.60. The van der Waals surface area contributed by atoms with E-state index in [9.17, 15) is 4.79 Å². The van der Waals surface area contributed by atoms with Crippen LogP contribution in [0.2, 0.25) is 0 Å². The summed E-state index contributed by atoms with van der Waals surface area (Å²) in [6.45, 7) is 4.87. The molecular weight excluding hydrogens is 376 g/mol. The molecule has 4 heteroatoms. The second-order valence-corrected chi connectivity index (χ2v) is 11.5. The zero-order valence-electron chi connectivity index (χ0n) is 17.5. The maximum Gasteiger partial charge on any atom is 0.142 e. The number of hydrogen-bond donors (Lipinski definition) is 0. The molecule has 4 aliphatic rings. The van der Waals surface area contributed by atoms with Crippen LogP contribution in [0.25, 0.3) is 10.7 Å². The van der Waals surface area contributed by atoms with Gasteiger partial charge in [0.25, 0.3) is 0 Å². The fourth-order valence-electron chi connectivity index (χ4n) is 7.82. The number of pyridine rings is 1. The van der Waals surface area contributed by atoms with Crippen molar-refractivity contribution < 1.29 is 4.79 Å². The van der Waals surface area contributed by atoms with Gasteiger partial charge in [0, 0.05) is 28.8 Å². The van der Waals surface area contributed by atoms with Gasteiger partial charge in [-0.25, -0.2) is 4.98 Å². The topological polar surface area (TPSA) is 42.9 Å². The molecule has 0 unspecified atom stereocenters. The summed E-state index contributed by atoms with van der Waals surface area (Å²) >= 11 is 1.90. The molecule has 6 atom stereocenters. The first-order valence-electron chi connectivity index (χ1n) is 11.4. The Morgan fingerprint density at radius 2 is 1.93 bits per heavy atom. The maximum atomic E-state index is 12.7. The van der Waals surface area contributed by atoms with E-state index in [1.165, 1.54) is 31.4 Å². The monoisotopic (exact) mass is 406 g/mol. The number of carbonyl (C=O) groups excluding carboxylic acids is 1. The molecule has 0 radical (unpaired) electrons. The highest BCUT2D eigenvalue weighted by molar-refractivity contribution is 7.15. The van der Waals surface area contributed by atoms with Crippen LogP contribution >= 0.6 is 11.3 Å². The molecule has 3 saturated carbocycles. The summed E-state index contributed by atoms with van der Waals surface area (Å²) < 4.78 is 0. The van der Waals surface area contributed by atoms with Gasteiger partial charge < -0.3 is 0 Å². The summed E-state index contributed by atoms with van der Waals surface area (Å²) in [5.41, 5.74) is 2.71. The molecule has 0 bridgehead atoms. The van der Waals surface area contributed by atoms with Gasteiger partial charge in [-0.1, -0.05) is 19.9 Å². The fraction of sp³-hybridized carbons (Fsp3) is 0.640. The van der Waals surface area contributed by atoms with E-state index in [4.69, 9.17) is 4.98 Å². The van der Waals surface area contributed by atoms with Gasteiger partial charge in [0.05, 0.1) is 11.4 Å². The van der Waals surface area contributed by atoms with Gasteiger partial charge in [-0.15, -0.1) is 11.3 Å². The minimum atomic E-state index is -0.0131. The molecule has 6 rings (SSSR count). The number of nitrogens with zero attached hydrogens (tertiary/aromatic N) is 2. The predicted molar refractivity (Wildman–Crippen MR) is 116 cm³/mol. The lowest BCUT2D eigenvalue weighted by Crippen LogP contribution is -2.52. The normalized spacial score (nSPS) is 40.7. The third kappa shape index (κ3) is 2.44. The van der Waals surface area contributed by atoms with Gasteiger partial charge in [0.1, 0.15) is 10.8 Å². The smallest absolute Gasteiger partial charge is 0.142 e.